The maximum atomic E-state index is 12.7. The van der Waals surface area contributed by atoms with E-state index >= 15 is 0 Å². The Morgan fingerprint density at radius 1 is 1.35 bits per heavy atom. The van der Waals surface area contributed by atoms with Crippen molar-refractivity contribution in [3.63, 3.8) is 0 Å². The number of hydrogen-bond acceptors (Lipinski definition) is 4. The Morgan fingerprint density at radius 3 is 2.57 bits per heavy atom. The van der Waals surface area contributed by atoms with Crippen molar-refractivity contribution in [2.75, 3.05) is 6.54 Å². The summed E-state index contributed by atoms with van der Waals surface area (Å²) in [6.07, 6.45) is 5.98. The summed E-state index contributed by atoms with van der Waals surface area (Å²) in [7, 11) is 1.86. The average Bonchev–Trinajstić information content (AvgIpc) is 2.99. The first-order valence-electron chi connectivity index (χ1n) is 7.89. The van der Waals surface area contributed by atoms with Crippen LogP contribution in [0.15, 0.2) is 30.9 Å². The quantitative estimate of drug-likeness (QED) is 0.888. The molecule has 0 aromatic carbocycles. The van der Waals surface area contributed by atoms with Crippen LogP contribution >= 0.6 is 0 Å². The summed E-state index contributed by atoms with van der Waals surface area (Å²) in [5.74, 6) is 0.728. The first-order valence-corrected chi connectivity index (χ1v) is 7.89. The normalized spacial score (nSPS) is 13.4. The number of aromatic nitrogens is 4. The zero-order chi connectivity index (χ0) is 16.8. The minimum Gasteiger partial charge on any atom is -0.328 e. The van der Waals surface area contributed by atoms with Crippen LogP contribution in [0, 0.1) is 0 Å². The molecule has 0 aliphatic carbocycles. The lowest BCUT2D eigenvalue weighted by Gasteiger charge is -2.31. The fourth-order valence-corrected chi connectivity index (χ4v) is 2.74. The van der Waals surface area contributed by atoms with Crippen LogP contribution in [0.5, 0.6) is 0 Å². The van der Waals surface area contributed by atoms with E-state index in [2.05, 4.69) is 27.4 Å². The number of nitrogens with one attached hydrogen (secondary N) is 1. The van der Waals surface area contributed by atoms with E-state index in [1.54, 1.807) is 23.3 Å². The van der Waals surface area contributed by atoms with Gasteiger partial charge in [-0.15, -0.1) is 10.2 Å². The van der Waals surface area contributed by atoms with Gasteiger partial charge in [-0.25, -0.2) is 4.79 Å². The SMILES string of the molecule is CC[C@@H](c1ccncc1)N(CC)C(=O)N[C@H](C)c1nncn1C. The third kappa shape index (κ3) is 3.85. The van der Waals surface area contributed by atoms with Crippen LogP contribution in [-0.2, 0) is 7.05 Å². The highest BCUT2D eigenvalue weighted by molar-refractivity contribution is 5.75. The van der Waals surface area contributed by atoms with E-state index in [9.17, 15) is 4.79 Å². The molecule has 2 aromatic heterocycles. The van der Waals surface area contributed by atoms with Crippen molar-refractivity contribution < 1.29 is 4.79 Å². The van der Waals surface area contributed by atoms with Gasteiger partial charge in [0.25, 0.3) is 0 Å². The number of carbonyl (C=O) groups is 1. The maximum Gasteiger partial charge on any atom is 0.318 e. The minimum atomic E-state index is -0.209. The van der Waals surface area contributed by atoms with Crippen LogP contribution < -0.4 is 5.32 Å². The van der Waals surface area contributed by atoms with Crippen molar-refractivity contribution >= 4 is 6.03 Å². The molecule has 0 saturated heterocycles. The molecule has 1 N–H and O–H groups in total. The molecule has 0 spiro atoms. The van der Waals surface area contributed by atoms with E-state index < -0.39 is 0 Å². The molecule has 2 amide bonds. The van der Waals surface area contributed by atoms with E-state index in [4.69, 9.17) is 0 Å². The van der Waals surface area contributed by atoms with Crippen LogP contribution in [-0.4, -0.2) is 37.2 Å². The molecule has 0 aliphatic rings. The molecule has 0 radical (unpaired) electrons. The zero-order valence-corrected chi connectivity index (χ0v) is 14.1. The number of aryl methyl sites for hydroxylation is 1. The van der Waals surface area contributed by atoms with E-state index in [1.807, 2.05) is 37.9 Å². The van der Waals surface area contributed by atoms with Crippen molar-refractivity contribution in [2.24, 2.45) is 7.05 Å². The molecule has 124 valence electrons. The molecular formula is C16H24N6O. The van der Waals surface area contributed by atoms with Crippen molar-refractivity contribution in [3.8, 4) is 0 Å². The van der Waals surface area contributed by atoms with Crippen molar-refractivity contribution in [1.82, 2.24) is 30.0 Å². The molecule has 0 fully saturated rings. The summed E-state index contributed by atoms with van der Waals surface area (Å²) < 4.78 is 1.81. The number of amides is 2. The molecule has 0 saturated carbocycles. The molecule has 0 aliphatic heterocycles. The summed E-state index contributed by atoms with van der Waals surface area (Å²) >= 11 is 0. The largest absolute Gasteiger partial charge is 0.328 e. The fraction of sp³-hybridized carbons (Fsp3) is 0.500. The Kier molecular flexibility index (Phi) is 5.67. The van der Waals surface area contributed by atoms with Gasteiger partial charge in [-0.3, -0.25) is 4.98 Å². The molecule has 2 heterocycles. The molecule has 23 heavy (non-hydrogen) atoms. The van der Waals surface area contributed by atoms with E-state index in [0.717, 1.165) is 17.8 Å². The van der Waals surface area contributed by atoms with Gasteiger partial charge >= 0.3 is 6.03 Å². The van der Waals surface area contributed by atoms with Gasteiger partial charge in [0.05, 0.1) is 12.1 Å². The van der Waals surface area contributed by atoms with Crippen molar-refractivity contribution in [1.29, 1.82) is 0 Å². The van der Waals surface area contributed by atoms with E-state index in [0.29, 0.717) is 6.54 Å². The van der Waals surface area contributed by atoms with Gasteiger partial charge in [0.2, 0.25) is 0 Å². The second-order valence-corrected chi connectivity index (χ2v) is 5.46. The summed E-state index contributed by atoms with van der Waals surface area (Å²) in [5.41, 5.74) is 1.09. The number of pyridine rings is 1. The highest BCUT2D eigenvalue weighted by atomic mass is 16.2. The van der Waals surface area contributed by atoms with Gasteiger partial charge in [0, 0.05) is 26.0 Å². The van der Waals surface area contributed by atoms with Crippen molar-refractivity contribution in [3.05, 3.63) is 42.2 Å². The standard InChI is InChI=1S/C16H24N6O/c1-5-14(13-7-9-17-10-8-13)22(6-2)16(23)19-12(3)15-20-18-11-21(15)4/h7-12,14H,5-6H2,1-4H3,(H,19,23)/t12-,14+/m1/s1. The maximum absolute atomic E-state index is 12.7. The second-order valence-electron chi connectivity index (χ2n) is 5.46. The Bertz CT molecular complexity index is 627. The zero-order valence-electron chi connectivity index (χ0n) is 14.1. The number of carbonyl (C=O) groups excluding carboxylic acids is 1. The summed E-state index contributed by atoms with van der Waals surface area (Å²) in [6, 6.07) is 3.62. The number of rotatable bonds is 6. The average molecular weight is 316 g/mol. The minimum absolute atomic E-state index is 0.0229. The third-order valence-corrected chi connectivity index (χ3v) is 3.93. The Hall–Kier alpha value is -2.44. The van der Waals surface area contributed by atoms with Crippen LogP contribution in [0.4, 0.5) is 4.79 Å². The predicted octanol–water partition coefficient (Wildman–Crippen LogP) is 2.45. The summed E-state index contributed by atoms with van der Waals surface area (Å²) in [6.45, 7) is 6.59. The molecule has 0 bridgehead atoms. The van der Waals surface area contributed by atoms with Gasteiger partial charge in [0.15, 0.2) is 5.82 Å². The molecule has 7 nitrogen and oxygen atoms in total. The van der Waals surface area contributed by atoms with Gasteiger partial charge < -0.3 is 14.8 Å². The highest BCUT2D eigenvalue weighted by Gasteiger charge is 2.24. The third-order valence-electron chi connectivity index (χ3n) is 3.93. The smallest absolute Gasteiger partial charge is 0.318 e. The summed E-state index contributed by atoms with van der Waals surface area (Å²) in [5, 5.41) is 10.9. The monoisotopic (exact) mass is 316 g/mol. The van der Waals surface area contributed by atoms with Gasteiger partial charge in [-0.2, -0.15) is 0 Å². The molecule has 0 unspecified atom stereocenters. The number of urea groups is 1. The molecule has 2 aromatic rings. The van der Waals surface area contributed by atoms with E-state index in [-0.39, 0.29) is 18.1 Å². The van der Waals surface area contributed by atoms with Gasteiger partial charge in [-0.1, -0.05) is 6.92 Å². The van der Waals surface area contributed by atoms with E-state index in [1.165, 1.54) is 0 Å². The Labute approximate surface area is 136 Å². The van der Waals surface area contributed by atoms with Gasteiger partial charge in [0.1, 0.15) is 6.33 Å². The molecule has 7 heteroatoms. The fourth-order valence-electron chi connectivity index (χ4n) is 2.74. The Balaban J connectivity index is 2.13. The lowest BCUT2D eigenvalue weighted by Crippen LogP contribution is -2.43. The first-order chi connectivity index (χ1) is 11.1. The van der Waals surface area contributed by atoms with Crippen LogP contribution in [0.1, 0.15) is 50.7 Å². The first kappa shape index (κ1) is 16.9. The number of hydrogen-bond donors (Lipinski definition) is 1. The second kappa shape index (κ2) is 7.71. The van der Waals surface area contributed by atoms with Gasteiger partial charge in [-0.05, 0) is 38.0 Å². The van der Waals surface area contributed by atoms with Crippen LogP contribution in [0.3, 0.4) is 0 Å². The van der Waals surface area contributed by atoms with Crippen LogP contribution in [0.25, 0.3) is 0 Å². The molecule has 2 rings (SSSR count). The van der Waals surface area contributed by atoms with Crippen molar-refractivity contribution in [2.45, 2.75) is 39.3 Å². The summed E-state index contributed by atoms with van der Waals surface area (Å²) in [4.78, 5) is 18.6. The lowest BCUT2D eigenvalue weighted by molar-refractivity contribution is 0.172. The number of nitrogens with zero attached hydrogens (tertiary/aromatic N) is 5. The topological polar surface area (TPSA) is 75.9 Å². The highest BCUT2D eigenvalue weighted by Crippen LogP contribution is 2.24. The predicted molar refractivity (Wildman–Crippen MR) is 87.6 cm³/mol. The molecular weight excluding hydrogens is 292 g/mol. The Morgan fingerprint density at radius 2 is 2.04 bits per heavy atom. The van der Waals surface area contributed by atoms with Crippen LogP contribution in [0.2, 0.25) is 0 Å². The molecule has 2 atom stereocenters. The lowest BCUT2D eigenvalue weighted by atomic mass is 10.0.